The van der Waals surface area contributed by atoms with Crippen LogP contribution in [0, 0.1) is 5.21 Å². The van der Waals surface area contributed by atoms with Crippen LogP contribution in [-0.2, 0) is 6.54 Å². The zero-order valence-corrected chi connectivity index (χ0v) is 13.7. The summed E-state index contributed by atoms with van der Waals surface area (Å²) in [7, 11) is 0. The number of carbonyl (C=O) groups excluding carboxylic acids is 1. The van der Waals surface area contributed by atoms with Gasteiger partial charge in [0.1, 0.15) is 5.56 Å². The molecule has 1 aromatic heterocycles. The summed E-state index contributed by atoms with van der Waals surface area (Å²) in [5, 5.41) is 14.3. The molecule has 0 radical (unpaired) electrons. The van der Waals surface area contributed by atoms with Gasteiger partial charge in [0.15, 0.2) is 12.4 Å². The number of pyridine rings is 1. The number of hydrogen-bond donors (Lipinski definition) is 1. The second-order valence-electron chi connectivity index (χ2n) is 6.27. The molecule has 0 unspecified atom stereocenters. The van der Waals surface area contributed by atoms with E-state index in [-0.39, 0.29) is 5.91 Å². The first kappa shape index (κ1) is 16.5. The molecule has 1 N–H and O–H groups in total. The molecule has 1 aromatic carbocycles. The summed E-state index contributed by atoms with van der Waals surface area (Å²) in [6, 6.07) is 14.0. The van der Waals surface area contributed by atoms with Crippen LogP contribution in [0.5, 0.6) is 0 Å². The van der Waals surface area contributed by atoms with Crippen LogP contribution in [0.25, 0.3) is 0 Å². The van der Waals surface area contributed by atoms with E-state index in [9.17, 15) is 10.0 Å². The highest BCUT2D eigenvalue weighted by molar-refractivity contribution is 5.93. The number of nitrogens with zero attached hydrogens (tertiary/aromatic N) is 2. The second-order valence-corrected chi connectivity index (χ2v) is 6.27. The predicted octanol–water partition coefficient (Wildman–Crippen LogP) is 2.10. The third-order valence-electron chi connectivity index (χ3n) is 4.51. The Labute approximate surface area is 142 Å². The molecule has 5 nitrogen and oxygen atoms in total. The van der Waals surface area contributed by atoms with E-state index in [0.29, 0.717) is 22.9 Å². The van der Waals surface area contributed by atoms with E-state index in [4.69, 9.17) is 0 Å². The van der Waals surface area contributed by atoms with Gasteiger partial charge >= 0.3 is 0 Å². The minimum Gasteiger partial charge on any atom is -0.619 e. The molecule has 1 fully saturated rings. The Bertz CT molecular complexity index is 675. The van der Waals surface area contributed by atoms with Crippen molar-refractivity contribution in [2.75, 3.05) is 13.1 Å². The van der Waals surface area contributed by atoms with Gasteiger partial charge in [-0.25, -0.2) is 0 Å². The first-order chi connectivity index (χ1) is 11.7. The highest BCUT2D eigenvalue weighted by Crippen LogP contribution is 2.19. The van der Waals surface area contributed by atoms with Crippen LogP contribution in [0.15, 0.2) is 54.9 Å². The molecular formula is C19H23N3O2. The van der Waals surface area contributed by atoms with Crippen molar-refractivity contribution in [1.29, 1.82) is 0 Å². The molecule has 24 heavy (non-hydrogen) atoms. The summed E-state index contributed by atoms with van der Waals surface area (Å²) in [5.41, 5.74) is 1.70. The van der Waals surface area contributed by atoms with Gasteiger partial charge in [0, 0.05) is 25.2 Å². The van der Waals surface area contributed by atoms with Gasteiger partial charge in [-0.1, -0.05) is 36.8 Å². The lowest BCUT2D eigenvalue weighted by Crippen LogP contribution is -2.46. The number of amides is 1. The van der Waals surface area contributed by atoms with Gasteiger partial charge in [0.05, 0.1) is 0 Å². The number of rotatable bonds is 5. The molecular weight excluding hydrogens is 302 g/mol. The zero-order valence-electron chi connectivity index (χ0n) is 13.7. The smallest absolute Gasteiger partial charge is 0.257 e. The lowest BCUT2D eigenvalue weighted by molar-refractivity contribution is -0.605. The van der Waals surface area contributed by atoms with E-state index in [1.807, 2.05) is 6.07 Å². The lowest BCUT2D eigenvalue weighted by atomic mass is 10.0. The van der Waals surface area contributed by atoms with Crippen molar-refractivity contribution in [3.63, 3.8) is 0 Å². The van der Waals surface area contributed by atoms with Gasteiger partial charge in [0.25, 0.3) is 5.91 Å². The summed E-state index contributed by atoms with van der Waals surface area (Å²) >= 11 is 0. The van der Waals surface area contributed by atoms with Crippen LogP contribution in [0.3, 0.4) is 0 Å². The van der Waals surface area contributed by atoms with Crippen LogP contribution < -0.4 is 10.0 Å². The number of carbonyl (C=O) groups is 1. The predicted molar refractivity (Wildman–Crippen MR) is 92.2 cm³/mol. The maximum Gasteiger partial charge on any atom is 0.257 e. The number of piperidine rings is 1. The van der Waals surface area contributed by atoms with E-state index in [2.05, 4.69) is 34.5 Å². The standard InChI is InChI=1S/C19H23N3O2/c23-19(17-9-6-12-22(24)15-17)20-13-18-10-4-5-11-21(18)14-16-7-2-1-3-8-16/h1-3,6-9,12,15,18H,4-5,10-11,13-14H2,(H,20,23)/t18-/m0/s1. The van der Waals surface area contributed by atoms with Crippen LogP contribution in [0.1, 0.15) is 35.2 Å². The van der Waals surface area contributed by atoms with Crippen molar-refractivity contribution in [1.82, 2.24) is 10.2 Å². The van der Waals surface area contributed by atoms with Crippen molar-refractivity contribution in [2.45, 2.75) is 31.8 Å². The molecule has 1 aliphatic rings. The van der Waals surface area contributed by atoms with Gasteiger partial charge in [-0.2, -0.15) is 4.73 Å². The first-order valence-corrected chi connectivity index (χ1v) is 8.47. The quantitative estimate of drug-likeness (QED) is 0.676. The molecule has 126 valence electrons. The topological polar surface area (TPSA) is 59.3 Å². The monoisotopic (exact) mass is 325 g/mol. The van der Waals surface area contributed by atoms with E-state index in [1.165, 1.54) is 30.8 Å². The van der Waals surface area contributed by atoms with Crippen molar-refractivity contribution in [2.24, 2.45) is 0 Å². The van der Waals surface area contributed by atoms with Crippen LogP contribution in [-0.4, -0.2) is 29.9 Å². The normalized spacial score (nSPS) is 18.2. The molecule has 3 rings (SSSR count). The highest BCUT2D eigenvalue weighted by Gasteiger charge is 2.23. The summed E-state index contributed by atoms with van der Waals surface area (Å²) in [5.74, 6) is -0.189. The van der Waals surface area contributed by atoms with Crippen LogP contribution in [0.2, 0.25) is 0 Å². The molecule has 0 bridgehead atoms. The molecule has 2 heterocycles. The average Bonchev–Trinajstić information content (AvgIpc) is 2.61. The first-order valence-electron chi connectivity index (χ1n) is 8.47. The number of nitrogens with one attached hydrogen (secondary N) is 1. The average molecular weight is 325 g/mol. The Morgan fingerprint density at radius 2 is 2.04 bits per heavy atom. The molecule has 0 saturated carbocycles. The van der Waals surface area contributed by atoms with Gasteiger partial charge in [-0.15, -0.1) is 0 Å². The number of benzene rings is 1. The Hall–Kier alpha value is -2.40. The fourth-order valence-electron chi connectivity index (χ4n) is 3.22. The van der Waals surface area contributed by atoms with Crippen LogP contribution in [0.4, 0.5) is 0 Å². The molecule has 0 spiro atoms. The maximum absolute atomic E-state index is 12.2. The van der Waals surface area contributed by atoms with Crippen molar-refractivity contribution in [3.8, 4) is 0 Å². The van der Waals surface area contributed by atoms with Gasteiger partial charge < -0.3 is 10.5 Å². The van der Waals surface area contributed by atoms with E-state index >= 15 is 0 Å². The molecule has 1 amide bonds. The Morgan fingerprint density at radius 3 is 2.83 bits per heavy atom. The Kier molecular flexibility index (Phi) is 5.43. The summed E-state index contributed by atoms with van der Waals surface area (Å²) < 4.78 is 0.650. The van der Waals surface area contributed by atoms with E-state index in [1.54, 1.807) is 12.1 Å². The molecule has 1 saturated heterocycles. The molecule has 1 aliphatic heterocycles. The van der Waals surface area contributed by atoms with Gasteiger partial charge in [-0.05, 0) is 31.0 Å². The van der Waals surface area contributed by atoms with Gasteiger partial charge in [0.2, 0.25) is 0 Å². The Balaban J connectivity index is 1.58. The largest absolute Gasteiger partial charge is 0.619 e. The molecule has 2 aromatic rings. The molecule has 0 aliphatic carbocycles. The summed E-state index contributed by atoms with van der Waals surface area (Å²) in [4.78, 5) is 14.7. The zero-order chi connectivity index (χ0) is 16.8. The lowest BCUT2D eigenvalue weighted by Gasteiger charge is -2.35. The minimum absolute atomic E-state index is 0.189. The SMILES string of the molecule is O=C(NC[C@@H]1CCCCN1Cc1ccccc1)c1ccc[n+]([O-])c1. The van der Waals surface area contributed by atoms with E-state index < -0.39 is 0 Å². The Morgan fingerprint density at radius 1 is 1.21 bits per heavy atom. The highest BCUT2D eigenvalue weighted by atomic mass is 16.5. The van der Waals surface area contributed by atoms with Gasteiger partial charge in [-0.3, -0.25) is 9.69 Å². The third-order valence-corrected chi connectivity index (χ3v) is 4.51. The molecule has 1 atom stereocenters. The second kappa shape index (κ2) is 7.93. The fraction of sp³-hybridized carbons (Fsp3) is 0.368. The number of aromatic nitrogens is 1. The number of hydrogen-bond acceptors (Lipinski definition) is 3. The fourth-order valence-corrected chi connectivity index (χ4v) is 3.22. The summed E-state index contributed by atoms with van der Waals surface area (Å²) in [6.07, 6.45) is 6.16. The molecule has 5 heteroatoms. The maximum atomic E-state index is 12.2. The van der Waals surface area contributed by atoms with Crippen molar-refractivity contribution < 1.29 is 9.52 Å². The van der Waals surface area contributed by atoms with E-state index in [0.717, 1.165) is 19.5 Å². The minimum atomic E-state index is -0.189. The number of likely N-dealkylation sites (tertiary alicyclic amines) is 1. The van der Waals surface area contributed by atoms with Crippen LogP contribution >= 0.6 is 0 Å². The van der Waals surface area contributed by atoms with Crippen molar-refractivity contribution >= 4 is 5.91 Å². The third kappa shape index (κ3) is 4.32. The van der Waals surface area contributed by atoms with Crippen molar-refractivity contribution in [3.05, 3.63) is 71.2 Å². The summed E-state index contributed by atoms with van der Waals surface area (Å²) in [6.45, 7) is 2.58.